The number of hydrogen-bond donors (Lipinski definition) is 0. The number of allylic oxidation sites excluding steroid dienone is 1. The van der Waals surface area contributed by atoms with E-state index in [9.17, 15) is 22.4 Å². The van der Waals surface area contributed by atoms with Gasteiger partial charge in [0.25, 0.3) is 5.56 Å². The predicted octanol–water partition coefficient (Wildman–Crippen LogP) is 4.38. The Balaban J connectivity index is 0.000000817. The first-order valence-electron chi connectivity index (χ1n) is 8.02. The fourth-order valence-corrected chi connectivity index (χ4v) is 2.86. The van der Waals surface area contributed by atoms with Crippen molar-refractivity contribution in [3.8, 4) is 5.69 Å². The van der Waals surface area contributed by atoms with E-state index in [0.717, 1.165) is 31.7 Å². The van der Waals surface area contributed by atoms with Crippen LogP contribution in [-0.2, 0) is 6.42 Å². The number of hydrogen-bond acceptors (Lipinski definition) is 2. The van der Waals surface area contributed by atoms with Gasteiger partial charge in [-0.05, 0) is 49.9 Å². The Morgan fingerprint density at radius 2 is 1.85 bits per heavy atom. The molecule has 0 saturated carbocycles. The van der Waals surface area contributed by atoms with Crippen molar-refractivity contribution in [1.29, 1.82) is 0 Å². The van der Waals surface area contributed by atoms with Gasteiger partial charge in [-0.25, -0.2) is 22.7 Å². The van der Waals surface area contributed by atoms with Crippen molar-refractivity contribution in [3.63, 3.8) is 0 Å². The van der Waals surface area contributed by atoms with Crippen LogP contribution in [0, 0.1) is 25.6 Å². The van der Waals surface area contributed by atoms with Crippen LogP contribution in [0.25, 0.3) is 11.5 Å². The van der Waals surface area contributed by atoms with E-state index in [1.807, 2.05) is 20.8 Å². The molecule has 0 spiro atoms. The molecule has 0 N–H and O–H groups in total. The number of fused-ring (bicyclic) bond motifs is 1. The van der Waals surface area contributed by atoms with Crippen LogP contribution < -0.4 is 5.56 Å². The van der Waals surface area contributed by atoms with Crippen LogP contribution in [0.5, 0.6) is 0 Å². The van der Waals surface area contributed by atoms with Crippen LogP contribution >= 0.6 is 0 Å². The Morgan fingerprint density at radius 1 is 1.22 bits per heavy atom. The van der Waals surface area contributed by atoms with Crippen molar-refractivity contribution in [2.24, 2.45) is 0 Å². The lowest BCUT2D eigenvalue weighted by Crippen LogP contribution is -2.24. The number of aryl methyl sites for hydroxylation is 1. The van der Waals surface area contributed by atoms with E-state index in [2.05, 4.69) is 11.6 Å². The molecule has 2 heterocycles. The van der Waals surface area contributed by atoms with Gasteiger partial charge in [0, 0.05) is 12.4 Å². The molecule has 4 nitrogen and oxygen atoms in total. The Morgan fingerprint density at radius 3 is 2.44 bits per heavy atom. The minimum absolute atomic E-state index is 0.0325. The summed E-state index contributed by atoms with van der Waals surface area (Å²) in [7, 11) is 0. The summed E-state index contributed by atoms with van der Waals surface area (Å²) in [6.45, 7) is 7.65. The maximum Gasteiger partial charge on any atom is 0.262 e. The molecule has 0 amide bonds. The molecule has 0 fully saturated rings. The van der Waals surface area contributed by atoms with Crippen molar-refractivity contribution in [1.82, 2.24) is 14.0 Å². The van der Waals surface area contributed by atoms with E-state index < -0.39 is 24.3 Å². The number of imidazole rings is 1. The van der Waals surface area contributed by atoms with E-state index in [0.29, 0.717) is 12.0 Å². The molecule has 3 aromatic rings. The second-order valence-electron chi connectivity index (χ2n) is 6.10. The van der Waals surface area contributed by atoms with Gasteiger partial charge >= 0.3 is 0 Å². The number of alkyl halides is 2. The van der Waals surface area contributed by atoms with Crippen LogP contribution in [0.1, 0.15) is 23.6 Å². The third-order valence-corrected chi connectivity index (χ3v) is 4.12. The van der Waals surface area contributed by atoms with Gasteiger partial charge in [0.15, 0.2) is 0 Å². The Kier molecular flexibility index (Phi) is 6.20. The summed E-state index contributed by atoms with van der Waals surface area (Å²) in [5.41, 5.74) is 2.56. The quantitative estimate of drug-likeness (QED) is 0.384. The average Bonchev–Trinajstić information content (AvgIpc) is 3.05. The number of benzene rings is 1. The lowest BCUT2D eigenvalue weighted by molar-refractivity contribution is 0.295. The highest BCUT2D eigenvalue weighted by atomic mass is 19.3. The molecule has 1 aromatic carbocycles. The molecule has 0 aliphatic heterocycles. The number of rotatable bonds is 3. The maximum atomic E-state index is 14.8. The predicted molar refractivity (Wildman–Crippen MR) is 95.8 cm³/mol. The Bertz CT molecular complexity index is 1050. The lowest BCUT2D eigenvalue weighted by Gasteiger charge is -2.18. The first kappa shape index (κ1) is 20.4. The van der Waals surface area contributed by atoms with Crippen LogP contribution in [0.15, 0.2) is 41.5 Å². The molecule has 0 radical (unpaired) electrons. The maximum absolute atomic E-state index is 14.8. The van der Waals surface area contributed by atoms with Gasteiger partial charge in [0.05, 0.1) is 11.8 Å². The van der Waals surface area contributed by atoms with E-state index in [1.54, 1.807) is 0 Å². The van der Waals surface area contributed by atoms with Gasteiger partial charge in [-0.3, -0.25) is 9.20 Å². The van der Waals surface area contributed by atoms with Gasteiger partial charge in [-0.15, -0.1) is 0 Å². The van der Waals surface area contributed by atoms with Crippen molar-refractivity contribution in [3.05, 3.63) is 75.5 Å². The smallest absolute Gasteiger partial charge is 0.262 e. The highest BCUT2D eigenvalue weighted by Crippen LogP contribution is 2.27. The summed E-state index contributed by atoms with van der Waals surface area (Å²) < 4.78 is 50.2. The molecule has 0 aliphatic rings. The van der Waals surface area contributed by atoms with Crippen molar-refractivity contribution in [2.75, 3.05) is 6.93 Å². The second kappa shape index (κ2) is 8.20. The second-order valence-corrected chi connectivity index (χ2v) is 6.10. The number of aromatic nitrogens is 3. The van der Waals surface area contributed by atoms with Crippen LogP contribution in [-0.4, -0.2) is 20.9 Å². The topological polar surface area (TPSA) is 39.3 Å². The summed E-state index contributed by atoms with van der Waals surface area (Å²) in [6.07, 6.45) is 3.17. The minimum atomic E-state index is -1.75. The third kappa shape index (κ3) is 3.94. The molecular formula is C19H19F4N3O. The summed E-state index contributed by atoms with van der Waals surface area (Å²) in [5.74, 6) is -1.26. The fourth-order valence-electron chi connectivity index (χ4n) is 2.86. The van der Waals surface area contributed by atoms with E-state index in [1.165, 1.54) is 18.5 Å². The largest absolute Gasteiger partial charge is 0.269 e. The molecule has 0 atom stereocenters. The first-order chi connectivity index (χ1) is 12.7. The Hall–Kier alpha value is -2.90. The van der Waals surface area contributed by atoms with Gasteiger partial charge < -0.3 is 0 Å². The highest BCUT2D eigenvalue weighted by molar-refractivity contribution is 5.55. The lowest BCUT2D eigenvalue weighted by atomic mass is 9.95. The van der Waals surface area contributed by atoms with Crippen LogP contribution in [0.3, 0.4) is 0 Å². The molecule has 0 unspecified atom stereocenters. The highest BCUT2D eigenvalue weighted by Gasteiger charge is 2.20. The minimum Gasteiger partial charge on any atom is -0.269 e. The van der Waals surface area contributed by atoms with Crippen molar-refractivity contribution in [2.45, 2.75) is 27.2 Å². The average molecular weight is 381 g/mol. The van der Waals surface area contributed by atoms with Gasteiger partial charge in [0.2, 0.25) is 18.7 Å². The van der Waals surface area contributed by atoms with Crippen molar-refractivity contribution >= 4 is 5.78 Å². The monoisotopic (exact) mass is 381 g/mol. The molecule has 2 aromatic heterocycles. The third-order valence-electron chi connectivity index (χ3n) is 4.12. The standard InChI is InChI=1S/C18H17F2N3O.CH2F2/c1-10(2)7-13-12(4)11(3)8-14(19)17(13)23-16(24)9-15(20)22-6-5-21-18(22)23;2-1-3/h5-6,8-9H,1,7H2,2-4H3;1H2. The molecule has 0 bridgehead atoms. The van der Waals surface area contributed by atoms with Crippen LogP contribution in [0.4, 0.5) is 17.6 Å². The molecule has 27 heavy (non-hydrogen) atoms. The first-order valence-corrected chi connectivity index (χ1v) is 8.02. The van der Waals surface area contributed by atoms with Gasteiger partial charge in [-0.2, -0.15) is 4.39 Å². The fraction of sp³-hybridized carbons (Fsp3) is 0.263. The zero-order chi connectivity index (χ0) is 20.3. The summed E-state index contributed by atoms with van der Waals surface area (Å²) in [5, 5.41) is 0. The normalized spacial score (nSPS) is 10.6. The number of nitrogens with zero attached hydrogens (tertiary/aromatic N) is 3. The summed E-state index contributed by atoms with van der Waals surface area (Å²) in [6, 6.07) is 2.20. The molecule has 144 valence electrons. The summed E-state index contributed by atoms with van der Waals surface area (Å²) >= 11 is 0. The SMILES string of the molecule is C=C(C)Cc1c(C)c(C)cc(F)c1-n1c(=O)cc(F)n2ccnc12.FCF. The van der Waals surface area contributed by atoms with E-state index in [-0.39, 0.29) is 11.5 Å². The summed E-state index contributed by atoms with van der Waals surface area (Å²) in [4.78, 5) is 16.4. The van der Waals surface area contributed by atoms with Crippen LogP contribution in [0.2, 0.25) is 0 Å². The van der Waals surface area contributed by atoms with Gasteiger partial charge in [-0.1, -0.05) is 12.2 Å². The molecule has 0 aliphatic carbocycles. The van der Waals surface area contributed by atoms with Gasteiger partial charge in [0.1, 0.15) is 5.82 Å². The number of halogens is 4. The zero-order valence-electron chi connectivity index (χ0n) is 15.2. The molecular weight excluding hydrogens is 362 g/mol. The van der Waals surface area contributed by atoms with E-state index >= 15 is 0 Å². The van der Waals surface area contributed by atoms with Crippen molar-refractivity contribution < 1.29 is 17.6 Å². The zero-order valence-corrected chi connectivity index (χ0v) is 15.2. The molecule has 8 heteroatoms. The van der Waals surface area contributed by atoms with E-state index in [4.69, 9.17) is 0 Å². The molecule has 3 rings (SSSR count). The Labute approximate surface area is 153 Å². The molecule has 0 saturated heterocycles.